The zero-order valence-electron chi connectivity index (χ0n) is 18.8. The van der Waals surface area contributed by atoms with Gasteiger partial charge in [-0.1, -0.05) is 41.6 Å². The Labute approximate surface area is 191 Å². The second-order valence-electron chi connectivity index (χ2n) is 7.67. The summed E-state index contributed by atoms with van der Waals surface area (Å²) in [4.78, 5) is 29.5. The quantitative estimate of drug-likeness (QED) is 0.374. The molecule has 0 radical (unpaired) electrons. The molecule has 0 aliphatic carbocycles. The van der Waals surface area contributed by atoms with Crippen LogP contribution in [0, 0.1) is 13.8 Å². The number of hydrogen-bond donors (Lipinski definition) is 0. The Bertz CT molecular complexity index is 1270. The molecule has 0 unspecified atom stereocenters. The summed E-state index contributed by atoms with van der Waals surface area (Å²) in [5, 5.41) is 4.02. The van der Waals surface area contributed by atoms with E-state index in [0.29, 0.717) is 28.3 Å². The number of aromatic nitrogens is 3. The second-order valence-corrected chi connectivity index (χ2v) is 7.67. The SMILES string of the molecule is CCOC(=O)Cn1c(-c2c(C)noc2C)nc2ccc(CC(=O)OCc3ccccc3)cc21. The Kier molecular flexibility index (Phi) is 6.53. The summed E-state index contributed by atoms with van der Waals surface area (Å²) in [6, 6.07) is 15.1. The lowest BCUT2D eigenvalue weighted by Gasteiger charge is -2.09. The number of benzene rings is 2. The number of esters is 2. The van der Waals surface area contributed by atoms with Crippen molar-refractivity contribution < 1.29 is 23.6 Å². The summed E-state index contributed by atoms with van der Waals surface area (Å²) in [6.45, 7) is 5.87. The summed E-state index contributed by atoms with van der Waals surface area (Å²) in [5.74, 6) is 0.467. The maximum Gasteiger partial charge on any atom is 0.326 e. The molecular weight excluding hydrogens is 422 g/mol. The van der Waals surface area contributed by atoms with Gasteiger partial charge in [-0.25, -0.2) is 4.98 Å². The van der Waals surface area contributed by atoms with Crippen LogP contribution >= 0.6 is 0 Å². The molecule has 2 aromatic heterocycles. The minimum Gasteiger partial charge on any atom is -0.465 e. The zero-order chi connectivity index (χ0) is 23.4. The molecule has 33 heavy (non-hydrogen) atoms. The molecule has 4 aromatic rings. The fourth-order valence-corrected chi connectivity index (χ4v) is 3.72. The highest BCUT2D eigenvalue weighted by molar-refractivity contribution is 5.85. The molecule has 8 nitrogen and oxygen atoms in total. The molecule has 4 rings (SSSR count). The van der Waals surface area contributed by atoms with Crippen molar-refractivity contribution in [2.24, 2.45) is 0 Å². The molecule has 0 atom stereocenters. The third-order valence-corrected chi connectivity index (χ3v) is 5.25. The van der Waals surface area contributed by atoms with E-state index in [1.54, 1.807) is 18.4 Å². The molecular formula is C25H25N3O5. The van der Waals surface area contributed by atoms with Gasteiger partial charge in [0.15, 0.2) is 0 Å². The molecule has 0 N–H and O–H groups in total. The zero-order valence-corrected chi connectivity index (χ0v) is 18.8. The summed E-state index contributed by atoms with van der Waals surface area (Å²) in [6.07, 6.45) is 0.105. The molecule has 2 heterocycles. The Morgan fingerprint density at radius 1 is 1.00 bits per heavy atom. The number of imidazole rings is 1. The van der Waals surface area contributed by atoms with Gasteiger partial charge in [-0.05, 0) is 44.0 Å². The minimum absolute atomic E-state index is 0.0222. The Balaban J connectivity index is 1.64. The van der Waals surface area contributed by atoms with Gasteiger partial charge in [-0.15, -0.1) is 0 Å². The summed E-state index contributed by atoms with van der Waals surface area (Å²) in [7, 11) is 0. The van der Waals surface area contributed by atoms with Crippen LogP contribution in [-0.2, 0) is 38.6 Å². The molecule has 0 fully saturated rings. The Morgan fingerprint density at radius 2 is 1.79 bits per heavy atom. The molecule has 2 aromatic carbocycles. The van der Waals surface area contributed by atoms with Crippen LogP contribution in [0.2, 0.25) is 0 Å². The van der Waals surface area contributed by atoms with Crippen LogP contribution in [0.25, 0.3) is 22.4 Å². The van der Waals surface area contributed by atoms with Gasteiger partial charge < -0.3 is 18.6 Å². The van der Waals surface area contributed by atoms with Crippen LogP contribution in [-0.4, -0.2) is 33.3 Å². The largest absolute Gasteiger partial charge is 0.465 e. The van der Waals surface area contributed by atoms with E-state index in [9.17, 15) is 9.59 Å². The lowest BCUT2D eigenvalue weighted by Crippen LogP contribution is -2.14. The van der Waals surface area contributed by atoms with Crippen molar-refractivity contribution in [2.45, 2.75) is 40.3 Å². The molecule has 0 amide bonds. The second kappa shape index (κ2) is 9.68. The molecule has 8 heteroatoms. The maximum absolute atomic E-state index is 12.4. The Hall–Kier alpha value is -3.94. The highest BCUT2D eigenvalue weighted by Gasteiger charge is 2.22. The van der Waals surface area contributed by atoms with Crippen molar-refractivity contribution in [2.75, 3.05) is 6.61 Å². The van der Waals surface area contributed by atoms with E-state index in [2.05, 4.69) is 5.16 Å². The van der Waals surface area contributed by atoms with Crippen molar-refractivity contribution in [3.05, 3.63) is 71.1 Å². The van der Waals surface area contributed by atoms with Crippen LogP contribution in [0.3, 0.4) is 0 Å². The fourth-order valence-electron chi connectivity index (χ4n) is 3.72. The van der Waals surface area contributed by atoms with Crippen LogP contribution in [0.5, 0.6) is 0 Å². The van der Waals surface area contributed by atoms with Gasteiger partial charge in [0.25, 0.3) is 0 Å². The number of ether oxygens (including phenoxy) is 2. The number of carbonyl (C=O) groups excluding carboxylic acids is 2. The van der Waals surface area contributed by atoms with Crippen molar-refractivity contribution in [1.29, 1.82) is 0 Å². The van der Waals surface area contributed by atoms with Crippen molar-refractivity contribution in [3.8, 4) is 11.4 Å². The summed E-state index contributed by atoms with van der Waals surface area (Å²) >= 11 is 0. The summed E-state index contributed by atoms with van der Waals surface area (Å²) < 4.78 is 17.7. The lowest BCUT2D eigenvalue weighted by molar-refractivity contribution is -0.144. The average molecular weight is 447 g/mol. The number of rotatable bonds is 8. The number of hydrogen-bond acceptors (Lipinski definition) is 7. The predicted molar refractivity (Wildman–Crippen MR) is 121 cm³/mol. The molecule has 0 aliphatic rings. The van der Waals surface area contributed by atoms with Crippen LogP contribution in [0.4, 0.5) is 0 Å². The van der Waals surface area contributed by atoms with Gasteiger partial charge in [0.05, 0.1) is 35.3 Å². The van der Waals surface area contributed by atoms with E-state index in [0.717, 1.165) is 16.7 Å². The van der Waals surface area contributed by atoms with Gasteiger partial charge in [0, 0.05) is 0 Å². The fraction of sp³-hybridized carbons (Fsp3) is 0.280. The van der Waals surface area contributed by atoms with Crippen LogP contribution < -0.4 is 0 Å². The van der Waals surface area contributed by atoms with E-state index in [-0.39, 0.29) is 38.1 Å². The highest BCUT2D eigenvalue weighted by atomic mass is 16.5. The van der Waals surface area contributed by atoms with Crippen molar-refractivity contribution in [3.63, 3.8) is 0 Å². The van der Waals surface area contributed by atoms with Crippen LogP contribution in [0.15, 0.2) is 53.1 Å². The van der Waals surface area contributed by atoms with Gasteiger partial charge >= 0.3 is 11.9 Å². The smallest absolute Gasteiger partial charge is 0.326 e. The normalized spacial score (nSPS) is 11.0. The summed E-state index contributed by atoms with van der Waals surface area (Å²) in [5.41, 5.74) is 4.51. The van der Waals surface area contributed by atoms with Crippen LogP contribution in [0.1, 0.15) is 29.5 Å². The van der Waals surface area contributed by atoms with E-state index >= 15 is 0 Å². The first-order valence-electron chi connectivity index (χ1n) is 10.7. The molecule has 0 saturated heterocycles. The monoisotopic (exact) mass is 447 g/mol. The first-order chi connectivity index (χ1) is 16.0. The van der Waals surface area contributed by atoms with Gasteiger partial charge in [-0.2, -0.15) is 0 Å². The van der Waals surface area contributed by atoms with Crippen molar-refractivity contribution >= 4 is 23.0 Å². The standard InChI is InChI=1S/C25H25N3O5/c1-4-31-23(30)14-28-21-12-19(13-22(29)32-15-18-8-6-5-7-9-18)10-11-20(21)26-25(28)24-16(2)27-33-17(24)3/h5-12H,4,13-15H2,1-3H3. The molecule has 0 spiro atoms. The first-order valence-corrected chi connectivity index (χ1v) is 10.7. The maximum atomic E-state index is 12.4. The minimum atomic E-state index is -0.377. The lowest BCUT2D eigenvalue weighted by atomic mass is 10.1. The van der Waals surface area contributed by atoms with Gasteiger partial charge in [0.2, 0.25) is 0 Å². The number of nitrogens with zero attached hydrogens (tertiary/aromatic N) is 3. The predicted octanol–water partition coefficient (Wildman–Crippen LogP) is 4.16. The molecule has 0 saturated carbocycles. The van der Waals surface area contributed by atoms with Gasteiger partial charge in [0.1, 0.15) is 24.7 Å². The molecule has 0 bridgehead atoms. The van der Waals surface area contributed by atoms with E-state index in [1.165, 1.54) is 0 Å². The van der Waals surface area contributed by atoms with E-state index in [1.807, 2.05) is 55.5 Å². The number of aryl methyl sites for hydroxylation is 2. The highest BCUT2D eigenvalue weighted by Crippen LogP contribution is 2.30. The van der Waals surface area contributed by atoms with Crippen molar-refractivity contribution in [1.82, 2.24) is 14.7 Å². The first kappa shape index (κ1) is 22.3. The Morgan fingerprint density at radius 3 is 2.48 bits per heavy atom. The third-order valence-electron chi connectivity index (χ3n) is 5.25. The topological polar surface area (TPSA) is 96.5 Å². The molecule has 0 aliphatic heterocycles. The molecule has 170 valence electrons. The number of carbonyl (C=O) groups is 2. The third kappa shape index (κ3) is 4.95. The van der Waals surface area contributed by atoms with E-state index < -0.39 is 0 Å². The van der Waals surface area contributed by atoms with Gasteiger partial charge in [-0.3, -0.25) is 9.59 Å². The average Bonchev–Trinajstić information content (AvgIpc) is 3.31. The number of fused-ring (bicyclic) bond motifs is 1. The van der Waals surface area contributed by atoms with E-state index in [4.69, 9.17) is 19.0 Å².